The van der Waals surface area contributed by atoms with E-state index in [2.05, 4.69) is 10.1 Å². The normalized spacial score (nSPS) is 6.17. The molecule has 34 valence electrons. The first kappa shape index (κ1) is 5.18. The Morgan fingerprint density at radius 1 is 1.83 bits per heavy atom. The highest BCUT2D eigenvalue weighted by Gasteiger charge is 1.53. The summed E-state index contributed by atoms with van der Waals surface area (Å²) in [6.07, 6.45) is 0. The maximum absolute atomic E-state index is 7.62. The van der Waals surface area contributed by atoms with E-state index >= 15 is 0 Å². The van der Waals surface area contributed by atoms with Gasteiger partial charge in [-0.05, 0) is 12.1 Å². The van der Waals surface area contributed by atoms with Gasteiger partial charge in [0.2, 0.25) is 0 Å². The molecular formula is C3H6N2O. The van der Waals surface area contributed by atoms with E-state index < -0.39 is 0 Å². The highest BCUT2D eigenvalue weighted by atomic mass is 16.4. The fourth-order valence-corrected chi connectivity index (χ4v) is 0.102. The SMILES string of the molecule is CCN=C=NO. The lowest BCUT2D eigenvalue weighted by Crippen LogP contribution is -1.61. The number of hydrogen-bond donors (Lipinski definition) is 1. The number of aliphatic imine (C=N–C) groups is 1. The van der Waals surface area contributed by atoms with Gasteiger partial charge >= 0.3 is 0 Å². The van der Waals surface area contributed by atoms with E-state index in [-0.39, 0.29) is 0 Å². The van der Waals surface area contributed by atoms with Gasteiger partial charge in [-0.1, -0.05) is 0 Å². The lowest BCUT2D eigenvalue weighted by Gasteiger charge is -1.63. The summed E-state index contributed by atoms with van der Waals surface area (Å²) in [5.74, 6) is 0. The minimum Gasteiger partial charge on any atom is -0.403 e. The predicted octanol–water partition coefficient (Wildman–Crippen LogP) is 0.569. The number of rotatable bonds is 1. The molecule has 0 aliphatic heterocycles. The van der Waals surface area contributed by atoms with E-state index in [9.17, 15) is 0 Å². The minimum absolute atomic E-state index is 0.615. The number of nitrogens with zero attached hydrogens (tertiary/aromatic N) is 2. The van der Waals surface area contributed by atoms with Crippen LogP contribution < -0.4 is 0 Å². The molecule has 6 heavy (non-hydrogen) atoms. The molecule has 0 saturated carbocycles. The van der Waals surface area contributed by atoms with Crippen molar-refractivity contribution in [3.8, 4) is 0 Å². The average molecular weight is 86.1 g/mol. The summed E-state index contributed by atoms with van der Waals surface area (Å²) in [6.45, 7) is 2.45. The Kier molecular flexibility index (Phi) is 3.61. The van der Waals surface area contributed by atoms with Gasteiger partial charge in [-0.2, -0.15) is 0 Å². The van der Waals surface area contributed by atoms with Crippen LogP contribution in [0, 0.1) is 0 Å². The summed E-state index contributed by atoms with van der Waals surface area (Å²) >= 11 is 0. The summed E-state index contributed by atoms with van der Waals surface area (Å²) < 4.78 is 0. The van der Waals surface area contributed by atoms with Crippen molar-refractivity contribution < 1.29 is 5.21 Å². The maximum Gasteiger partial charge on any atom is 0.135 e. The van der Waals surface area contributed by atoms with E-state index in [0.29, 0.717) is 6.54 Å². The van der Waals surface area contributed by atoms with E-state index in [1.165, 1.54) is 0 Å². The molecule has 0 heterocycles. The highest BCUT2D eigenvalue weighted by Crippen LogP contribution is 1.55. The monoisotopic (exact) mass is 86.0 g/mol. The van der Waals surface area contributed by atoms with Gasteiger partial charge in [0, 0.05) is 6.54 Å². The molecule has 0 bridgehead atoms. The van der Waals surface area contributed by atoms with Gasteiger partial charge in [0.1, 0.15) is 6.01 Å². The van der Waals surface area contributed by atoms with Crippen molar-refractivity contribution in [3.05, 3.63) is 0 Å². The van der Waals surface area contributed by atoms with Gasteiger partial charge in [-0.3, -0.25) is 0 Å². The second-order valence-corrected chi connectivity index (χ2v) is 0.674. The molecule has 0 aromatic rings. The predicted molar refractivity (Wildman–Crippen MR) is 22.2 cm³/mol. The van der Waals surface area contributed by atoms with E-state index in [1.807, 2.05) is 12.9 Å². The molecule has 0 aromatic heterocycles. The fourth-order valence-electron chi connectivity index (χ4n) is 0.102. The third-order valence-corrected chi connectivity index (χ3v) is 0.274. The molecule has 0 saturated heterocycles. The van der Waals surface area contributed by atoms with Crippen LogP contribution in [-0.4, -0.2) is 17.8 Å². The molecule has 0 spiro atoms. The molecule has 0 aromatic carbocycles. The van der Waals surface area contributed by atoms with Crippen LogP contribution in [0.5, 0.6) is 0 Å². The van der Waals surface area contributed by atoms with Gasteiger partial charge in [-0.15, -0.1) is 0 Å². The molecule has 0 radical (unpaired) electrons. The Morgan fingerprint density at radius 3 is 2.67 bits per heavy atom. The van der Waals surface area contributed by atoms with Gasteiger partial charge in [-0.25, -0.2) is 4.99 Å². The molecule has 0 aliphatic carbocycles. The Morgan fingerprint density at radius 2 is 2.50 bits per heavy atom. The van der Waals surface area contributed by atoms with Crippen LogP contribution in [0.1, 0.15) is 6.92 Å². The van der Waals surface area contributed by atoms with Crippen LogP contribution in [0.25, 0.3) is 0 Å². The maximum atomic E-state index is 7.62. The smallest absolute Gasteiger partial charge is 0.135 e. The molecule has 0 aliphatic rings. The molecule has 0 atom stereocenters. The summed E-state index contributed by atoms with van der Waals surface area (Å²) in [5, 5.41) is 10.1. The molecule has 0 rings (SSSR count). The van der Waals surface area contributed by atoms with Crippen molar-refractivity contribution in [2.75, 3.05) is 6.54 Å². The molecule has 0 fully saturated rings. The Bertz CT molecular complexity index is 72.9. The van der Waals surface area contributed by atoms with E-state index in [1.54, 1.807) is 0 Å². The Balaban J connectivity index is 3.18. The first-order valence-electron chi connectivity index (χ1n) is 1.67. The molecule has 3 heteroatoms. The molecular weight excluding hydrogens is 80.0 g/mol. The minimum atomic E-state index is 0.615. The highest BCUT2D eigenvalue weighted by molar-refractivity contribution is 5.39. The van der Waals surface area contributed by atoms with Crippen LogP contribution in [0.2, 0.25) is 0 Å². The van der Waals surface area contributed by atoms with Crippen molar-refractivity contribution in [2.24, 2.45) is 10.1 Å². The third kappa shape index (κ3) is 3.18. The zero-order valence-electron chi connectivity index (χ0n) is 3.55. The van der Waals surface area contributed by atoms with Crippen LogP contribution >= 0.6 is 0 Å². The second-order valence-electron chi connectivity index (χ2n) is 0.674. The summed E-state index contributed by atoms with van der Waals surface area (Å²) in [6, 6.07) is 2.00. The second kappa shape index (κ2) is 4.18. The zero-order chi connectivity index (χ0) is 4.83. The van der Waals surface area contributed by atoms with Crippen LogP contribution in [0.4, 0.5) is 0 Å². The zero-order valence-corrected chi connectivity index (χ0v) is 3.55. The summed E-state index contributed by atoms with van der Waals surface area (Å²) in [4.78, 5) is 3.42. The molecule has 1 N–H and O–H groups in total. The lowest BCUT2D eigenvalue weighted by molar-refractivity contribution is 0.322. The van der Waals surface area contributed by atoms with Crippen molar-refractivity contribution >= 4 is 6.01 Å². The van der Waals surface area contributed by atoms with E-state index in [0.717, 1.165) is 0 Å². The molecule has 0 unspecified atom stereocenters. The standard InChI is InChI=1S/C3H6N2O/c1-2-4-3-5-6/h6H,2H2,1H3. The van der Waals surface area contributed by atoms with Gasteiger partial charge in [0.25, 0.3) is 0 Å². The largest absolute Gasteiger partial charge is 0.403 e. The van der Waals surface area contributed by atoms with Crippen LogP contribution in [-0.2, 0) is 0 Å². The fraction of sp³-hybridized carbons (Fsp3) is 0.667. The van der Waals surface area contributed by atoms with Crippen molar-refractivity contribution in [3.63, 3.8) is 0 Å². The first-order chi connectivity index (χ1) is 2.91. The van der Waals surface area contributed by atoms with Crippen molar-refractivity contribution in [1.82, 2.24) is 0 Å². The molecule has 3 nitrogen and oxygen atoms in total. The van der Waals surface area contributed by atoms with Gasteiger partial charge < -0.3 is 5.21 Å². The van der Waals surface area contributed by atoms with Gasteiger partial charge in [0.15, 0.2) is 0 Å². The van der Waals surface area contributed by atoms with Crippen LogP contribution in [0.3, 0.4) is 0 Å². The topological polar surface area (TPSA) is 45.0 Å². The average Bonchev–Trinajstić information content (AvgIpc) is 1.61. The first-order valence-corrected chi connectivity index (χ1v) is 1.67. The molecule has 0 amide bonds. The third-order valence-electron chi connectivity index (χ3n) is 0.274. The lowest BCUT2D eigenvalue weighted by atomic mass is 10.8. The van der Waals surface area contributed by atoms with Crippen LogP contribution in [0.15, 0.2) is 10.1 Å². The Labute approximate surface area is 36.0 Å². The summed E-state index contributed by atoms with van der Waals surface area (Å²) in [7, 11) is 0. The van der Waals surface area contributed by atoms with E-state index in [4.69, 9.17) is 5.21 Å². The number of hydrogen-bond acceptors (Lipinski definition) is 3. The quantitative estimate of drug-likeness (QED) is 0.283. The van der Waals surface area contributed by atoms with Crippen molar-refractivity contribution in [1.29, 1.82) is 0 Å². The van der Waals surface area contributed by atoms with Crippen molar-refractivity contribution in [2.45, 2.75) is 6.92 Å². The summed E-state index contributed by atoms with van der Waals surface area (Å²) in [5.41, 5.74) is 0. The van der Waals surface area contributed by atoms with Gasteiger partial charge in [0.05, 0.1) is 0 Å². The Hall–Kier alpha value is -0.820.